The Kier molecular flexibility index (Phi) is 3.98. The molecule has 1 atom stereocenters. The molecule has 0 saturated carbocycles. The molecule has 1 aliphatic rings. The lowest BCUT2D eigenvalue weighted by atomic mass is 9.96. The van der Waals surface area contributed by atoms with E-state index in [1.165, 1.54) is 0 Å². The van der Waals surface area contributed by atoms with Crippen molar-refractivity contribution in [3.63, 3.8) is 0 Å². The van der Waals surface area contributed by atoms with E-state index in [2.05, 4.69) is 42.0 Å². The number of hydrogen-bond donors (Lipinski definition) is 0. The summed E-state index contributed by atoms with van der Waals surface area (Å²) < 4.78 is 0. The summed E-state index contributed by atoms with van der Waals surface area (Å²) in [5.74, 6) is 6.85. The predicted octanol–water partition coefficient (Wildman–Crippen LogP) is 4.56. The van der Waals surface area contributed by atoms with Gasteiger partial charge in [-0.15, -0.1) is 0 Å². The van der Waals surface area contributed by atoms with Crippen LogP contribution in [-0.4, -0.2) is 5.71 Å². The van der Waals surface area contributed by atoms with E-state index >= 15 is 0 Å². The lowest BCUT2D eigenvalue weighted by Gasteiger charge is -2.15. The van der Waals surface area contributed by atoms with E-state index in [-0.39, 0.29) is 5.92 Å². The summed E-state index contributed by atoms with van der Waals surface area (Å²) >= 11 is 0. The second-order valence-electron chi connectivity index (χ2n) is 5.21. The fourth-order valence-corrected chi connectivity index (χ4v) is 2.42. The highest BCUT2D eigenvalue weighted by Crippen LogP contribution is 2.24. The first kappa shape index (κ1) is 13.4. The summed E-state index contributed by atoms with van der Waals surface area (Å²) in [5.41, 5.74) is 4.39. The highest BCUT2D eigenvalue weighted by molar-refractivity contribution is 5.90. The molecular formula is C20H17N. The maximum Gasteiger partial charge on any atom is 0.0673 e. The number of aliphatic imine (C=N–C) groups is 1. The van der Waals surface area contributed by atoms with Crippen LogP contribution < -0.4 is 0 Å². The SMILES string of the molecule is CC1=NC(c2ccccc2)=CC(C#Cc2ccccc2)C1. The predicted molar refractivity (Wildman–Crippen MR) is 89.0 cm³/mol. The lowest BCUT2D eigenvalue weighted by Crippen LogP contribution is -2.07. The molecule has 1 heterocycles. The van der Waals surface area contributed by atoms with Crippen LogP contribution in [0.4, 0.5) is 0 Å². The molecule has 0 N–H and O–H groups in total. The van der Waals surface area contributed by atoms with Crippen molar-refractivity contribution in [2.45, 2.75) is 13.3 Å². The summed E-state index contributed by atoms with van der Waals surface area (Å²) in [6.07, 6.45) is 3.09. The normalized spacial score (nSPS) is 17.3. The molecule has 0 aromatic heterocycles. The molecular weight excluding hydrogens is 254 g/mol. The molecule has 0 radical (unpaired) electrons. The van der Waals surface area contributed by atoms with Crippen LogP contribution in [0.2, 0.25) is 0 Å². The van der Waals surface area contributed by atoms with Gasteiger partial charge in [0.15, 0.2) is 0 Å². The Labute approximate surface area is 126 Å². The fraction of sp³-hybridized carbons (Fsp3) is 0.150. The molecule has 0 fully saturated rings. The Balaban J connectivity index is 1.87. The summed E-state index contributed by atoms with van der Waals surface area (Å²) in [6, 6.07) is 20.4. The monoisotopic (exact) mass is 271 g/mol. The molecule has 0 bridgehead atoms. The van der Waals surface area contributed by atoms with Crippen LogP contribution in [0.3, 0.4) is 0 Å². The Morgan fingerprint density at radius 2 is 1.62 bits per heavy atom. The zero-order valence-electron chi connectivity index (χ0n) is 12.1. The molecule has 0 spiro atoms. The second kappa shape index (κ2) is 6.24. The van der Waals surface area contributed by atoms with Gasteiger partial charge in [0.2, 0.25) is 0 Å². The molecule has 1 nitrogen and oxygen atoms in total. The van der Waals surface area contributed by atoms with Crippen LogP contribution in [0.25, 0.3) is 5.70 Å². The summed E-state index contributed by atoms with van der Waals surface area (Å²) in [6.45, 7) is 2.08. The van der Waals surface area contributed by atoms with E-state index in [1.54, 1.807) is 0 Å². The molecule has 0 aliphatic carbocycles. The molecule has 102 valence electrons. The van der Waals surface area contributed by atoms with E-state index < -0.39 is 0 Å². The first-order valence-electron chi connectivity index (χ1n) is 7.19. The number of allylic oxidation sites excluding steroid dienone is 1. The quantitative estimate of drug-likeness (QED) is 0.674. The Morgan fingerprint density at radius 3 is 2.33 bits per heavy atom. The van der Waals surface area contributed by atoms with Crippen LogP contribution >= 0.6 is 0 Å². The van der Waals surface area contributed by atoms with E-state index in [1.807, 2.05) is 48.5 Å². The largest absolute Gasteiger partial charge is 0.258 e. The molecule has 1 unspecified atom stereocenters. The topological polar surface area (TPSA) is 12.4 Å². The maximum atomic E-state index is 4.67. The van der Waals surface area contributed by atoms with Crippen molar-refractivity contribution in [2.24, 2.45) is 10.9 Å². The van der Waals surface area contributed by atoms with Crippen molar-refractivity contribution in [3.05, 3.63) is 77.9 Å². The summed E-state index contributed by atoms with van der Waals surface area (Å²) in [7, 11) is 0. The van der Waals surface area contributed by atoms with Gasteiger partial charge in [-0.25, -0.2) is 0 Å². The first-order chi connectivity index (χ1) is 10.3. The van der Waals surface area contributed by atoms with E-state index in [9.17, 15) is 0 Å². The second-order valence-corrected chi connectivity index (χ2v) is 5.21. The smallest absolute Gasteiger partial charge is 0.0673 e. The highest BCUT2D eigenvalue weighted by Gasteiger charge is 2.13. The van der Waals surface area contributed by atoms with Crippen molar-refractivity contribution in [3.8, 4) is 11.8 Å². The zero-order valence-corrected chi connectivity index (χ0v) is 12.1. The Bertz CT molecular complexity index is 728. The van der Waals surface area contributed by atoms with Gasteiger partial charge in [0.25, 0.3) is 0 Å². The van der Waals surface area contributed by atoms with E-state index in [0.717, 1.165) is 29.0 Å². The minimum atomic E-state index is 0.234. The molecule has 21 heavy (non-hydrogen) atoms. The van der Waals surface area contributed by atoms with Gasteiger partial charge in [-0.05, 0) is 30.7 Å². The van der Waals surface area contributed by atoms with E-state index in [0.29, 0.717) is 0 Å². The van der Waals surface area contributed by atoms with Crippen molar-refractivity contribution >= 4 is 11.4 Å². The lowest BCUT2D eigenvalue weighted by molar-refractivity contribution is 0.877. The minimum Gasteiger partial charge on any atom is -0.258 e. The van der Waals surface area contributed by atoms with Crippen LogP contribution in [0.15, 0.2) is 71.7 Å². The highest BCUT2D eigenvalue weighted by atomic mass is 14.8. The van der Waals surface area contributed by atoms with Gasteiger partial charge < -0.3 is 0 Å². The van der Waals surface area contributed by atoms with Crippen molar-refractivity contribution in [1.82, 2.24) is 0 Å². The molecule has 3 rings (SSSR count). The third kappa shape index (κ3) is 3.49. The number of nitrogens with zero attached hydrogens (tertiary/aromatic N) is 1. The molecule has 0 saturated heterocycles. The van der Waals surface area contributed by atoms with Crippen molar-refractivity contribution in [1.29, 1.82) is 0 Å². The number of rotatable bonds is 1. The summed E-state index contributed by atoms with van der Waals surface area (Å²) in [5, 5.41) is 0. The maximum absolute atomic E-state index is 4.67. The molecule has 1 aliphatic heterocycles. The van der Waals surface area contributed by atoms with Gasteiger partial charge in [0.1, 0.15) is 0 Å². The molecule has 2 aromatic rings. The minimum absolute atomic E-state index is 0.234. The molecule has 0 amide bonds. The average Bonchev–Trinajstić information content (AvgIpc) is 2.54. The fourth-order valence-electron chi connectivity index (χ4n) is 2.42. The van der Waals surface area contributed by atoms with Gasteiger partial charge in [0.05, 0.1) is 5.70 Å². The number of benzene rings is 2. The van der Waals surface area contributed by atoms with Gasteiger partial charge in [-0.1, -0.05) is 60.4 Å². The third-order valence-electron chi connectivity index (χ3n) is 3.43. The van der Waals surface area contributed by atoms with E-state index in [4.69, 9.17) is 0 Å². The van der Waals surface area contributed by atoms with Gasteiger partial charge in [0, 0.05) is 23.6 Å². The zero-order chi connectivity index (χ0) is 14.5. The van der Waals surface area contributed by atoms with Crippen molar-refractivity contribution in [2.75, 3.05) is 0 Å². The summed E-state index contributed by atoms with van der Waals surface area (Å²) in [4.78, 5) is 4.67. The van der Waals surface area contributed by atoms with Gasteiger partial charge >= 0.3 is 0 Å². The van der Waals surface area contributed by atoms with Crippen LogP contribution in [0.5, 0.6) is 0 Å². The van der Waals surface area contributed by atoms with Crippen molar-refractivity contribution < 1.29 is 0 Å². The molecule has 1 heteroatoms. The first-order valence-corrected chi connectivity index (χ1v) is 7.19. The van der Waals surface area contributed by atoms with Crippen LogP contribution in [0, 0.1) is 17.8 Å². The average molecular weight is 271 g/mol. The standard InChI is InChI=1S/C20H17N/c1-16-14-18(13-12-17-8-4-2-5-9-17)15-20(21-16)19-10-6-3-7-11-19/h2-11,15,18H,14H2,1H3. The van der Waals surface area contributed by atoms with Crippen LogP contribution in [-0.2, 0) is 0 Å². The van der Waals surface area contributed by atoms with Gasteiger partial charge in [-0.3, -0.25) is 4.99 Å². The number of hydrogen-bond acceptors (Lipinski definition) is 1. The third-order valence-corrected chi connectivity index (χ3v) is 3.43. The Hall–Kier alpha value is -2.59. The van der Waals surface area contributed by atoms with Gasteiger partial charge in [-0.2, -0.15) is 0 Å². The van der Waals surface area contributed by atoms with Crippen LogP contribution in [0.1, 0.15) is 24.5 Å². The Morgan fingerprint density at radius 1 is 0.952 bits per heavy atom. The molecule has 2 aromatic carbocycles.